The second-order valence-electron chi connectivity index (χ2n) is 6.53. The number of rotatable bonds is 3. The van der Waals surface area contributed by atoms with E-state index in [1.165, 1.54) is 32.1 Å². The Hall–Kier alpha value is -0.0400. The molecule has 1 fully saturated rings. The lowest BCUT2D eigenvalue weighted by Crippen LogP contribution is -2.41. The highest BCUT2D eigenvalue weighted by Gasteiger charge is 2.38. The van der Waals surface area contributed by atoms with Gasteiger partial charge in [-0.05, 0) is 37.0 Å². The van der Waals surface area contributed by atoms with E-state index in [1.807, 2.05) is 0 Å². The summed E-state index contributed by atoms with van der Waals surface area (Å²) in [6.07, 6.45) is 8.33. The fraction of sp³-hybridized carbons (Fsp3) is 1.00. The van der Waals surface area contributed by atoms with E-state index in [2.05, 4.69) is 27.7 Å². The Kier molecular flexibility index (Phi) is 4.22. The lowest BCUT2D eigenvalue weighted by molar-refractivity contribution is -0.0647. The number of aliphatic hydroxyl groups is 1. The lowest BCUT2D eigenvalue weighted by atomic mass is 9.69. The van der Waals surface area contributed by atoms with Crippen LogP contribution in [0, 0.1) is 11.3 Å². The van der Waals surface area contributed by atoms with Gasteiger partial charge in [-0.25, -0.2) is 0 Å². The molecule has 0 spiro atoms. The second kappa shape index (κ2) is 4.86. The second-order valence-corrected chi connectivity index (χ2v) is 6.53. The maximum absolute atomic E-state index is 10.8. The van der Waals surface area contributed by atoms with Gasteiger partial charge in [-0.3, -0.25) is 0 Å². The summed E-state index contributed by atoms with van der Waals surface area (Å²) in [6.45, 7) is 8.84. The molecule has 0 aromatic rings. The summed E-state index contributed by atoms with van der Waals surface area (Å²) in [5, 5.41) is 10.8. The standard InChI is InChI=1S/C14H28O/c1-5-14(15,11-13(2,3)4)12-9-7-6-8-10-12/h12,15H,5-11H2,1-4H3. The van der Waals surface area contributed by atoms with Gasteiger partial charge in [-0.2, -0.15) is 0 Å². The Morgan fingerprint density at radius 3 is 2.00 bits per heavy atom. The van der Waals surface area contributed by atoms with Gasteiger partial charge >= 0.3 is 0 Å². The van der Waals surface area contributed by atoms with Crippen LogP contribution in [0.3, 0.4) is 0 Å². The normalized spacial score (nSPS) is 23.8. The Morgan fingerprint density at radius 1 is 1.07 bits per heavy atom. The van der Waals surface area contributed by atoms with Crippen molar-refractivity contribution in [3.05, 3.63) is 0 Å². The molecule has 1 aliphatic rings. The first kappa shape index (κ1) is 13.0. The molecule has 1 rings (SSSR count). The summed E-state index contributed by atoms with van der Waals surface area (Å²) in [4.78, 5) is 0. The quantitative estimate of drug-likeness (QED) is 0.745. The van der Waals surface area contributed by atoms with E-state index in [0.29, 0.717) is 5.92 Å². The van der Waals surface area contributed by atoms with Crippen molar-refractivity contribution in [1.29, 1.82) is 0 Å². The molecular formula is C14H28O. The smallest absolute Gasteiger partial charge is 0.0678 e. The van der Waals surface area contributed by atoms with Crippen molar-refractivity contribution in [2.45, 2.75) is 78.2 Å². The fourth-order valence-corrected chi connectivity index (χ4v) is 3.12. The average molecular weight is 212 g/mol. The summed E-state index contributed by atoms with van der Waals surface area (Å²) < 4.78 is 0. The van der Waals surface area contributed by atoms with Gasteiger partial charge in [0.05, 0.1) is 5.60 Å². The molecule has 0 heterocycles. The Morgan fingerprint density at radius 2 is 1.60 bits per heavy atom. The molecule has 1 unspecified atom stereocenters. The Labute approximate surface area is 95.3 Å². The van der Waals surface area contributed by atoms with Crippen LogP contribution < -0.4 is 0 Å². The molecule has 1 nitrogen and oxygen atoms in total. The van der Waals surface area contributed by atoms with Gasteiger partial charge in [0.25, 0.3) is 0 Å². The molecule has 0 aromatic carbocycles. The molecule has 0 amide bonds. The Balaban J connectivity index is 2.65. The van der Waals surface area contributed by atoms with E-state index < -0.39 is 5.60 Å². The molecule has 0 bridgehead atoms. The van der Waals surface area contributed by atoms with Crippen LogP contribution in [0.15, 0.2) is 0 Å². The minimum absolute atomic E-state index is 0.238. The predicted octanol–water partition coefficient (Wildman–Crippen LogP) is 4.14. The van der Waals surface area contributed by atoms with Crippen molar-refractivity contribution >= 4 is 0 Å². The third-order valence-corrected chi connectivity index (χ3v) is 3.81. The Bertz CT molecular complexity index is 186. The van der Waals surface area contributed by atoms with E-state index in [-0.39, 0.29) is 5.41 Å². The molecule has 0 aliphatic heterocycles. The zero-order valence-electron chi connectivity index (χ0n) is 11.0. The summed E-state index contributed by atoms with van der Waals surface area (Å²) in [7, 11) is 0. The maximum atomic E-state index is 10.8. The lowest BCUT2D eigenvalue weighted by Gasteiger charge is -2.41. The molecule has 90 valence electrons. The summed E-state index contributed by atoms with van der Waals surface area (Å²) in [5.41, 5.74) is -0.166. The SMILES string of the molecule is CCC(O)(CC(C)(C)C)C1CCCCC1. The van der Waals surface area contributed by atoms with Crippen LogP contribution in [0.4, 0.5) is 0 Å². The highest BCUT2D eigenvalue weighted by molar-refractivity contribution is 4.90. The average Bonchev–Trinajstić information content (AvgIpc) is 2.16. The van der Waals surface area contributed by atoms with Crippen molar-refractivity contribution in [3.63, 3.8) is 0 Å². The van der Waals surface area contributed by atoms with Crippen LogP contribution in [-0.4, -0.2) is 10.7 Å². The fourth-order valence-electron chi connectivity index (χ4n) is 3.12. The van der Waals surface area contributed by atoms with Crippen molar-refractivity contribution in [2.24, 2.45) is 11.3 Å². The minimum Gasteiger partial charge on any atom is -0.390 e. The van der Waals surface area contributed by atoms with Crippen LogP contribution >= 0.6 is 0 Å². The third kappa shape index (κ3) is 3.79. The first-order valence-electron chi connectivity index (χ1n) is 6.60. The topological polar surface area (TPSA) is 20.2 Å². The summed E-state index contributed by atoms with van der Waals surface area (Å²) in [6, 6.07) is 0. The third-order valence-electron chi connectivity index (χ3n) is 3.81. The van der Waals surface area contributed by atoms with Gasteiger partial charge in [0.2, 0.25) is 0 Å². The van der Waals surface area contributed by atoms with Gasteiger partial charge in [0.1, 0.15) is 0 Å². The molecule has 0 radical (unpaired) electrons. The molecule has 1 N–H and O–H groups in total. The molecule has 1 atom stereocenters. The minimum atomic E-state index is -0.404. The van der Waals surface area contributed by atoms with Gasteiger partial charge in [0, 0.05) is 0 Å². The predicted molar refractivity (Wildman–Crippen MR) is 65.9 cm³/mol. The first-order valence-corrected chi connectivity index (χ1v) is 6.60. The largest absolute Gasteiger partial charge is 0.390 e. The van der Waals surface area contributed by atoms with E-state index >= 15 is 0 Å². The molecule has 1 saturated carbocycles. The van der Waals surface area contributed by atoms with Crippen molar-refractivity contribution in [3.8, 4) is 0 Å². The van der Waals surface area contributed by atoms with Crippen molar-refractivity contribution in [1.82, 2.24) is 0 Å². The van der Waals surface area contributed by atoms with E-state index in [1.54, 1.807) is 0 Å². The number of hydrogen-bond acceptors (Lipinski definition) is 1. The highest BCUT2D eigenvalue weighted by Crippen LogP contribution is 2.41. The van der Waals surface area contributed by atoms with E-state index in [0.717, 1.165) is 12.8 Å². The molecule has 15 heavy (non-hydrogen) atoms. The van der Waals surface area contributed by atoms with E-state index in [9.17, 15) is 5.11 Å². The van der Waals surface area contributed by atoms with Crippen molar-refractivity contribution < 1.29 is 5.11 Å². The van der Waals surface area contributed by atoms with Gasteiger partial charge < -0.3 is 5.11 Å². The van der Waals surface area contributed by atoms with Crippen LogP contribution in [-0.2, 0) is 0 Å². The van der Waals surface area contributed by atoms with Gasteiger partial charge in [-0.1, -0.05) is 47.0 Å². The highest BCUT2D eigenvalue weighted by atomic mass is 16.3. The molecule has 0 saturated heterocycles. The zero-order chi connectivity index (χ0) is 11.5. The molecule has 1 heteroatoms. The van der Waals surface area contributed by atoms with Crippen LogP contribution in [0.5, 0.6) is 0 Å². The summed E-state index contributed by atoms with van der Waals surface area (Å²) in [5.74, 6) is 0.551. The van der Waals surface area contributed by atoms with Crippen LogP contribution in [0.25, 0.3) is 0 Å². The molecular weight excluding hydrogens is 184 g/mol. The van der Waals surface area contributed by atoms with Gasteiger partial charge in [-0.15, -0.1) is 0 Å². The van der Waals surface area contributed by atoms with Crippen LogP contribution in [0.2, 0.25) is 0 Å². The molecule has 0 aromatic heterocycles. The van der Waals surface area contributed by atoms with E-state index in [4.69, 9.17) is 0 Å². The van der Waals surface area contributed by atoms with Crippen LogP contribution in [0.1, 0.15) is 72.6 Å². The summed E-state index contributed by atoms with van der Waals surface area (Å²) >= 11 is 0. The van der Waals surface area contributed by atoms with Gasteiger partial charge in [0.15, 0.2) is 0 Å². The van der Waals surface area contributed by atoms with Crippen molar-refractivity contribution in [2.75, 3.05) is 0 Å². The zero-order valence-corrected chi connectivity index (χ0v) is 11.0. The monoisotopic (exact) mass is 212 g/mol. The maximum Gasteiger partial charge on any atom is 0.0678 e. The first-order chi connectivity index (χ1) is 6.87. The molecule has 1 aliphatic carbocycles. The number of hydrogen-bond donors (Lipinski definition) is 1.